The van der Waals surface area contributed by atoms with Crippen LogP contribution in [-0.2, 0) is 5.41 Å². The van der Waals surface area contributed by atoms with Crippen LogP contribution < -0.4 is 5.32 Å². The molecule has 0 amide bonds. The summed E-state index contributed by atoms with van der Waals surface area (Å²) >= 11 is 5.97. The van der Waals surface area contributed by atoms with Gasteiger partial charge in [0.05, 0.1) is 6.04 Å². The molecule has 2 rings (SSSR count). The van der Waals surface area contributed by atoms with Crippen molar-refractivity contribution in [2.45, 2.75) is 32.2 Å². The van der Waals surface area contributed by atoms with Gasteiger partial charge in [-0.05, 0) is 69.9 Å². The molecule has 1 N–H and O–H groups in total. The Morgan fingerprint density at radius 2 is 1.67 bits per heavy atom. The maximum Gasteiger partial charge on any atom is 0.0585 e. The molecule has 2 aromatic rings. The molecular weight excluding hydrogens is 437 g/mol. The highest BCUT2D eigenvalue weighted by molar-refractivity contribution is 14.1. The summed E-state index contributed by atoms with van der Waals surface area (Å²) in [5.41, 5.74) is 4.15. The minimum absolute atomic E-state index is 0.192. The first-order valence-corrected chi connectivity index (χ1v) is 8.93. The van der Waals surface area contributed by atoms with Gasteiger partial charge < -0.3 is 5.32 Å². The number of halogens is 2. The molecule has 2 aromatic carbocycles. The van der Waals surface area contributed by atoms with Gasteiger partial charge in [0.25, 0.3) is 0 Å². The second-order valence-corrected chi connectivity index (χ2v) is 8.34. The Morgan fingerprint density at radius 1 is 1.05 bits per heavy atom. The van der Waals surface area contributed by atoms with Crippen LogP contribution in [0, 0.1) is 3.57 Å². The maximum absolute atomic E-state index is 3.57. The van der Waals surface area contributed by atoms with E-state index in [1.54, 1.807) is 0 Å². The number of benzene rings is 2. The lowest BCUT2D eigenvalue weighted by Crippen LogP contribution is -2.19. The van der Waals surface area contributed by atoms with Crippen molar-refractivity contribution in [3.05, 3.63) is 67.2 Å². The normalized spacial score (nSPS) is 13.2. The zero-order chi connectivity index (χ0) is 15.6. The molecule has 0 aromatic heterocycles. The summed E-state index contributed by atoms with van der Waals surface area (Å²) < 4.78 is 2.39. The molecule has 1 nitrogen and oxygen atoms in total. The lowest BCUT2D eigenvalue weighted by molar-refractivity contribution is 0.589. The monoisotopic (exact) mass is 457 g/mol. The number of nitrogens with one attached hydrogen (secondary N) is 1. The lowest BCUT2D eigenvalue weighted by atomic mass is 9.86. The quantitative estimate of drug-likeness (QED) is 0.586. The summed E-state index contributed by atoms with van der Waals surface area (Å²) in [6, 6.07) is 15.6. The van der Waals surface area contributed by atoms with E-state index in [-0.39, 0.29) is 11.5 Å². The Morgan fingerprint density at radius 3 is 2.19 bits per heavy atom. The fourth-order valence-corrected chi connectivity index (χ4v) is 3.44. The van der Waals surface area contributed by atoms with E-state index in [2.05, 4.69) is 107 Å². The number of rotatable bonds is 3. The summed E-state index contributed by atoms with van der Waals surface area (Å²) in [5.74, 6) is 0. The van der Waals surface area contributed by atoms with E-state index in [0.717, 1.165) is 4.47 Å². The molecule has 0 aliphatic heterocycles. The van der Waals surface area contributed by atoms with Crippen molar-refractivity contribution in [1.82, 2.24) is 5.32 Å². The van der Waals surface area contributed by atoms with E-state index in [1.165, 1.54) is 20.3 Å². The van der Waals surface area contributed by atoms with Gasteiger partial charge in [-0.3, -0.25) is 0 Å². The van der Waals surface area contributed by atoms with Crippen LogP contribution in [-0.4, -0.2) is 7.05 Å². The van der Waals surface area contributed by atoms with Crippen molar-refractivity contribution in [2.24, 2.45) is 0 Å². The second-order valence-electron chi connectivity index (χ2n) is 6.26. The van der Waals surface area contributed by atoms with Gasteiger partial charge in [0.2, 0.25) is 0 Å². The summed E-state index contributed by atoms with van der Waals surface area (Å²) in [6.07, 6.45) is 0. The van der Waals surface area contributed by atoms with Crippen LogP contribution in [0.2, 0.25) is 0 Å². The molecular formula is C18H21BrIN. The highest BCUT2D eigenvalue weighted by atomic mass is 127. The predicted octanol–water partition coefficient (Wildman–Crippen LogP) is 5.66. The van der Waals surface area contributed by atoms with E-state index in [0.29, 0.717) is 0 Å². The van der Waals surface area contributed by atoms with Crippen molar-refractivity contribution in [3.63, 3.8) is 0 Å². The third-order valence-electron chi connectivity index (χ3n) is 3.67. The van der Waals surface area contributed by atoms with E-state index in [1.807, 2.05) is 7.05 Å². The van der Waals surface area contributed by atoms with Gasteiger partial charge in [-0.2, -0.15) is 0 Å². The Hall–Kier alpha value is -0.390. The molecule has 0 saturated carbocycles. The Kier molecular flexibility index (Phi) is 5.49. The van der Waals surface area contributed by atoms with Gasteiger partial charge in [-0.1, -0.05) is 61.0 Å². The minimum Gasteiger partial charge on any atom is -0.309 e. The topological polar surface area (TPSA) is 12.0 Å². The third-order valence-corrected chi connectivity index (χ3v) is 5.14. The Balaban J connectivity index is 2.40. The molecule has 0 saturated heterocycles. The van der Waals surface area contributed by atoms with Gasteiger partial charge in [-0.15, -0.1) is 0 Å². The molecule has 0 spiro atoms. The SMILES string of the molecule is CNC(c1ccc(C(C)(C)C)cc1)c1cc(Br)ccc1I. The molecule has 21 heavy (non-hydrogen) atoms. The largest absolute Gasteiger partial charge is 0.309 e. The molecule has 3 heteroatoms. The van der Waals surface area contributed by atoms with Crippen molar-refractivity contribution in [1.29, 1.82) is 0 Å². The molecule has 0 radical (unpaired) electrons. The van der Waals surface area contributed by atoms with Crippen LogP contribution in [0.25, 0.3) is 0 Å². The maximum atomic E-state index is 3.57. The van der Waals surface area contributed by atoms with E-state index >= 15 is 0 Å². The molecule has 0 aliphatic rings. The van der Waals surface area contributed by atoms with Crippen LogP contribution in [0.1, 0.15) is 43.5 Å². The number of hydrogen-bond donors (Lipinski definition) is 1. The minimum atomic E-state index is 0.192. The Bertz CT molecular complexity index is 614. The zero-order valence-corrected chi connectivity index (χ0v) is 16.6. The van der Waals surface area contributed by atoms with E-state index in [9.17, 15) is 0 Å². The summed E-state index contributed by atoms with van der Waals surface area (Å²) in [6.45, 7) is 6.73. The van der Waals surface area contributed by atoms with Gasteiger partial charge in [0.15, 0.2) is 0 Å². The summed E-state index contributed by atoms with van der Waals surface area (Å²) in [5, 5.41) is 3.44. The zero-order valence-electron chi connectivity index (χ0n) is 12.9. The highest BCUT2D eigenvalue weighted by Crippen LogP contribution is 2.30. The van der Waals surface area contributed by atoms with Crippen LogP contribution in [0.3, 0.4) is 0 Å². The van der Waals surface area contributed by atoms with Crippen LogP contribution in [0.15, 0.2) is 46.9 Å². The highest BCUT2D eigenvalue weighted by Gasteiger charge is 2.17. The van der Waals surface area contributed by atoms with Crippen molar-refractivity contribution in [3.8, 4) is 0 Å². The average Bonchev–Trinajstić information content (AvgIpc) is 2.43. The van der Waals surface area contributed by atoms with Crippen molar-refractivity contribution in [2.75, 3.05) is 7.05 Å². The standard InChI is InChI=1S/C18H21BrIN/c1-18(2,3)13-7-5-12(6-8-13)17(21-4)15-11-14(19)9-10-16(15)20/h5-11,17,21H,1-4H3. The molecule has 1 atom stereocenters. The van der Waals surface area contributed by atoms with E-state index in [4.69, 9.17) is 0 Å². The number of hydrogen-bond acceptors (Lipinski definition) is 1. The first-order valence-electron chi connectivity index (χ1n) is 7.05. The fraction of sp³-hybridized carbons (Fsp3) is 0.333. The predicted molar refractivity (Wildman–Crippen MR) is 103 cm³/mol. The van der Waals surface area contributed by atoms with Gasteiger partial charge in [0.1, 0.15) is 0 Å². The molecule has 112 valence electrons. The summed E-state index contributed by atoms with van der Waals surface area (Å²) in [4.78, 5) is 0. The molecule has 0 fully saturated rings. The average molecular weight is 458 g/mol. The van der Waals surface area contributed by atoms with Gasteiger partial charge >= 0.3 is 0 Å². The van der Waals surface area contributed by atoms with Gasteiger partial charge in [0, 0.05) is 8.04 Å². The first kappa shape index (κ1) is 17.0. The van der Waals surface area contributed by atoms with Crippen molar-refractivity contribution < 1.29 is 0 Å². The van der Waals surface area contributed by atoms with E-state index < -0.39 is 0 Å². The molecule has 1 unspecified atom stereocenters. The smallest absolute Gasteiger partial charge is 0.0585 e. The van der Waals surface area contributed by atoms with Gasteiger partial charge in [-0.25, -0.2) is 0 Å². The third kappa shape index (κ3) is 4.08. The molecule has 0 heterocycles. The lowest BCUT2D eigenvalue weighted by Gasteiger charge is -2.22. The van der Waals surface area contributed by atoms with Crippen LogP contribution >= 0.6 is 38.5 Å². The van der Waals surface area contributed by atoms with Crippen molar-refractivity contribution >= 4 is 38.5 Å². The Labute approximate surface area is 149 Å². The van der Waals surface area contributed by atoms with Crippen LogP contribution in [0.4, 0.5) is 0 Å². The fourth-order valence-electron chi connectivity index (χ4n) is 2.41. The molecule has 0 aliphatic carbocycles. The second kappa shape index (κ2) is 6.80. The molecule has 0 bridgehead atoms. The van der Waals surface area contributed by atoms with Crippen LogP contribution in [0.5, 0.6) is 0 Å². The first-order chi connectivity index (χ1) is 9.82. The summed E-state index contributed by atoms with van der Waals surface area (Å²) in [7, 11) is 2.01.